The highest BCUT2D eigenvalue weighted by molar-refractivity contribution is 7.93. The summed E-state index contributed by atoms with van der Waals surface area (Å²) in [5.74, 6) is 0.911. The predicted octanol–water partition coefficient (Wildman–Crippen LogP) is 2.75. The summed E-state index contributed by atoms with van der Waals surface area (Å²) < 4.78 is 38.6. The summed E-state index contributed by atoms with van der Waals surface area (Å²) in [5.41, 5.74) is 0.626. The van der Waals surface area contributed by atoms with E-state index in [4.69, 9.17) is 16.3 Å². The van der Waals surface area contributed by atoms with Crippen LogP contribution in [0.5, 0.6) is 0 Å². The molecule has 0 unspecified atom stereocenters. The minimum Gasteiger partial charge on any atom is -0.366 e. The van der Waals surface area contributed by atoms with Gasteiger partial charge in [0.25, 0.3) is 0 Å². The summed E-state index contributed by atoms with van der Waals surface area (Å²) in [4.78, 5) is 8.34. The van der Waals surface area contributed by atoms with E-state index < -0.39 is 21.4 Å². The summed E-state index contributed by atoms with van der Waals surface area (Å²) in [7, 11) is -2.14. The first kappa shape index (κ1) is 22.6. The molecule has 0 saturated heterocycles. The van der Waals surface area contributed by atoms with Crippen LogP contribution in [0.15, 0.2) is 24.7 Å². The number of ether oxygens (including phenoxy) is 1. The number of anilines is 1. The standard InChI is InChI=1S/C19H25ClN8O3S/c1-11(2)31-16(17-21-9-13(20)10-22-17)12(3)32(29,30)26-19-24-23-18(28(19)14-5-6-14)15-7-8-27(4)25-15/h7-12,14,16H,5-6H2,1-4H3,(H,24,26)/t12-,16+/m0/s1. The highest BCUT2D eigenvalue weighted by Gasteiger charge is 2.37. The lowest BCUT2D eigenvalue weighted by molar-refractivity contribution is 0.00154. The van der Waals surface area contributed by atoms with Gasteiger partial charge in [-0.1, -0.05) is 11.6 Å². The summed E-state index contributed by atoms with van der Waals surface area (Å²) in [6.45, 7) is 5.18. The molecule has 1 aliphatic carbocycles. The lowest BCUT2D eigenvalue weighted by atomic mass is 10.2. The average molecular weight is 481 g/mol. The molecule has 3 aromatic rings. The zero-order chi connectivity index (χ0) is 23.0. The Morgan fingerprint density at radius 2 is 1.88 bits per heavy atom. The highest BCUT2D eigenvalue weighted by atomic mass is 35.5. The fraction of sp³-hybridized carbons (Fsp3) is 0.526. The molecule has 1 N–H and O–H groups in total. The van der Waals surface area contributed by atoms with Gasteiger partial charge in [0.1, 0.15) is 17.0 Å². The predicted molar refractivity (Wildman–Crippen MR) is 119 cm³/mol. The third kappa shape index (κ3) is 4.76. The molecule has 0 spiro atoms. The van der Waals surface area contributed by atoms with Crippen LogP contribution in [0.3, 0.4) is 0 Å². The van der Waals surface area contributed by atoms with Crippen molar-refractivity contribution in [3.05, 3.63) is 35.5 Å². The number of halogens is 1. The van der Waals surface area contributed by atoms with Crippen LogP contribution in [0.2, 0.25) is 5.02 Å². The van der Waals surface area contributed by atoms with E-state index in [2.05, 4.69) is 30.0 Å². The number of aromatic nitrogens is 7. The summed E-state index contributed by atoms with van der Waals surface area (Å²) in [6.07, 6.45) is 5.30. The maximum absolute atomic E-state index is 13.3. The van der Waals surface area contributed by atoms with E-state index in [1.54, 1.807) is 29.4 Å². The molecule has 172 valence electrons. The molecule has 1 fully saturated rings. The van der Waals surface area contributed by atoms with E-state index in [9.17, 15) is 8.42 Å². The van der Waals surface area contributed by atoms with Gasteiger partial charge < -0.3 is 4.74 Å². The Kier molecular flexibility index (Phi) is 6.19. The third-order valence-electron chi connectivity index (χ3n) is 5.01. The molecule has 2 atom stereocenters. The van der Waals surface area contributed by atoms with E-state index >= 15 is 0 Å². The lowest BCUT2D eigenvalue weighted by Gasteiger charge is -2.25. The van der Waals surface area contributed by atoms with Gasteiger partial charge in [-0.15, -0.1) is 10.2 Å². The van der Waals surface area contributed by atoms with Gasteiger partial charge in [0.05, 0.1) is 11.1 Å². The van der Waals surface area contributed by atoms with Crippen molar-refractivity contribution in [3.8, 4) is 11.5 Å². The fourth-order valence-corrected chi connectivity index (χ4v) is 4.46. The van der Waals surface area contributed by atoms with Crippen molar-refractivity contribution in [2.45, 2.75) is 57.1 Å². The molecule has 0 aromatic carbocycles. The van der Waals surface area contributed by atoms with Gasteiger partial charge >= 0.3 is 0 Å². The minimum absolute atomic E-state index is 0.123. The van der Waals surface area contributed by atoms with Gasteiger partial charge in [0, 0.05) is 31.7 Å². The molecule has 4 rings (SSSR count). The molecule has 0 radical (unpaired) electrons. The number of hydrogen-bond donors (Lipinski definition) is 1. The molecule has 3 aromatic heterocycles. The van der Waals surface area contributed by atoms with Gasteiger partial charge in [-0.05, 0) is 39.7 Å². The lowest BCUT2D eigenvalue weighted by Crippen LogP contribution is -2.35. The molecule has 32 heavy (non-hydrogen) atoms. The number of nitrogens with one attached hydrogen (secondary N) is 1. The number of aryl methyl sites for hydroxylation is 1. The van der Waals surface area contributed by atoms with E-state index in [0.29, 0.717) is 16.5 Å². The molecular weight excluding hydrogens is 456 g/mol. The third-order valence-corrected chi connectivity index (χ3v) is 6.90. The van der Waals surface area contributed by atoms with Crippen LogP contribution in [0, 0.1) is 0 Å². The van der Waals surface area contributed by atoms with Crippen LogP contribution in [0.1, 0.15) is 51.6 Å². The van der Waals surface area contributed by atoms with Crippen LogP contribution >= 0.6 is 11.6 Å². The Balaban J connectivity index is 1.64. The summed E-state index contributed by atoms with van der Waals surface area (Å²) >= 11 is 5.89. The second-order valence-corrected chi connectivity index (χ2v) is 10.5. The smallest absolute Gasteiger partial charge is 0.240 e. The van der Waals surface area contributed by atoms with Crippen LogP contribution in [0.25, 0.3) is 11.5 Å². The largest absolute Gasteiger partial charge is 0.366 e. The van der Waals surface area contributed by atoms with Crippen molar-refractivity contribution in [1.82, 2.24) is 34.5 Å². The Labute approximate surface area is 191 Å². The van der Waals surface area contributed by atoms with Crippen molar-refractivity contribution >= 4 is 27.6 Å². The second-order valence-electron chi connectivity index (χ2n) is 8.04. The molecule has 0 bridgehead atoms. The first-order valence-corrected chi connectivity index (χ1v) is 12.2. The molecule has 13 heteroatoms. The van der Waals surface area contributed by atoms with Gasteiger partial charge in [-0.2, -0.15) is 5.10 Å². The van der Waals surface area contributed by atoms with Gasteiger partial charge in [0.15, 0.2) is 11.6 Å². The van der Waals surface area contributed by atoms with Crippen molar-refractivity contribution in [3.63, 3.8) is 0 Å². The maximum Gasteiger partial charge on any atom is 0.240 e. The highest BCUT2D eigenvalue weighted by Crippen LogP contribution is 2.40. The Morgan fingerprint density at radius 3 is 2.44 bits per heavy atom. The summed E-state index contributed by atoms with van der Waals surface area (Å²) in [6, 6.07) is 1.94. The Morgan fingerprint density at radius 1 is 1.19 bits per heavy atom. The fourth-order valence-electron chi connectivity index (χ4n) is 3.28. The van der Waals surface area contributed by atoms with Crippen LogP contribution in [-0.4, -0.2) is 54.3 Å². The molecule has 1 saturated carbocycles. The molecule has 3 heterocycles. The van der Waals surface area contributed by atoms with Crippen molar-refractivity contribution in [2.75, 3.05) is 4.72 Å². The van der Waals surface area contributed by atoms with E-state index in [0.717, 1.165) is 12.8 Å². The number of sulfonamides is 1. The molecule has 1 aliphatic rings. The molecule has 11 nitrogen and oxygen atoms in total. The molecule has 0 amide bonds. The summed E-state index contributed by atoms with van der Waals surface area (Å²) in [5, 5.41) is 12.0. The van der Waals surface area contributed by atoms with Gasteiger partial charge in [-0.3, -0.25) is 14.0 Å². The quantitative estimate of drug-likeness (QED) is 0.494. The average Bonchev–Trinajstić information content (AvgIpc) is 3.35. The topological polar surface area (TPSA) is 130 Å². The van der Waals surface area contributed by atoms with Crippen molar-refractivity contribution in [1.29, 1.82) is 0 Å². The van der Waals surface area contributed by atoms with E-state index in [-0.39, 0.29) is 23.9 Å². The molecule has 0 aliphatic heterocycles. The Hall–Kier alpha value is -2.57. The zero-order valence-corrected chi connectivity index (χ0v) is 19.7. The zero-order valence-electron chi connectivity index (χ0n) is 18.2. The molecular formula is C19H25ClN8O3S. The minimum atomic E-state index is -3.95. The monoisotopic (exact) mass is 480 g/mol. The van der Waals surface area contributed by atoms with E-state index in [1.807, 2.05) is 19.9 Å². The SMILES string of the molecule is CC(C)O[C@@H](c1ncc(Cl)cn1)[C@H](C)S(=O)(=O)Nc1nnc(-c2ccn(C)n2)n1C1CC1. The number of hydrogen-bond acceptors (Lipinski definition) is 8. The van der Waals surface area contributed by atoms with Crippen LogP contribution in [0.4, 0.5) is 5.95 Å². The second kappa shape index (κ2) is 8.75. The van der Waals surface area contributed by atoms with Crippen LogP contribution in [-0.2, 0) is 21.8 Å². The normalized spacial score (nSPS) is 16.3. The Bertz CT molecular complexity index is 1190. The van der Waals surface area contributed by atoms with Crippen LogP contribution < -0.4 is 4.72 Å². The number of rotatable bonds is 9. The maximum atomic E-state index is 13.3. The van der Waals surface area contributed by atoms with Crippen molar-refractivity contribution < 1.29 is 13.2 Å². The number of nitrogens with zero attached hydrogens (tertiary/aromatic N) is 7. The van der Waals surface area contributed by atoms with E-state index in [1.165, 1.54) is 12.4 Å². The van der Waals surface area contributed by atoms with Crippen molar-refractivity contribution in [2.24, 2.45) is 7.05 Å². The van der Waals surface area contributed by atoms with Gasteiger partial charge in [-0.25, -0.2) is 18.4 Å². The van der Waals surface area contributed by atoms with Gasteiger partial charge in [0.2, 0.25) is 16.0 Å². The first-order chi connectivity index (χ1) is 15.2. The first-order valence-electron chi connectivity index (χ1n) is 10.2.